The Hall–Kier alpha value is -1.79. The maximum absolute atomic E-state index is 12.0. The zero-order valence-electron chi connectivity index (χ0n) is 11.5. The van der Waals surface area contributed by atoms with Crippen molar-refractivity contribution in [1.29, 1.82) is 0 Å². The summed E-state index contributed by atoms with van der Waals surface area (Å²) >= 11 is 0. The molecule has 1 aromatic carbocycles. The number of amides is 1. The normalized spacial score (nSPS) is 19.2. The molecule has 19 heavy (non-hydrogen) atoms. The van der Waals surface area contributed by atoms with Crippen LogP contribution in [0.4, 0.5) is 0 Å². The van der Waals surface area contributed by atoms with Gasteiger partial charge < -0.3 is 11.1 Å². The summed E-state index contributed by atoms with van der Waals surface area (Å²) in [4.78, 5) is 12.0. The fourth-order valence-electron chi connectivity index (χ4n) is 2.16. The van der Waals surface area contributed by atoms with Gasteiger partial charge >= 0.3 is 0 Å². The van der Waals surface area contributed by atoms with E-state index >= 15 is 0 Å². The standard InChI is InChI=1S/C16H20N2O/c1-16(2)10-14(16)15(19)18-11-13-7-4-3-6-12(13)8-5-9-17/h3-4,6-7,14H,9-11,17H2,1-2H3,(H,18,19). The molecule has 3 heteroatoms. The van der Waals surface area contributed by atoms with E-state index in [1.807, 2.05) is 24.3 Å². The molecule has 3 nitrogen and oxygen atoms in total. The Balaban J connectivity index is 1.98. The molecule has 1 aliphatic rings. The molecular formula is C16H20N2O. The molecule has 0 bridgehead atoms. The summed E-state index contributed by atoms with van der Waals surface area (Å²) < 4.78 is 0. The Labute approximate surface area is 114 Å². The van der Waals surface area contributed by atoms with Gasteiger partial charge in [-0.15, -0.1) is 0 Å². The van der Waals surface area contributed by atoms with Gasteiger partial charge in [-0.2, -0.15) is 0 Å². The smallest absolute Gasteiger partial charge is 0.223 e. The van der Waals surface area contributed by atoms with Crippen molar-refractivity contribution >= 4 is 5.91 Å². The van der Waals surface area contributed by atoms with Crippen LogP contribution in [-0.2, 0) is 11.3 Å². The van der Waals surface area contributed by atoms with E-state index < -0.39 is 0 Å². The number of rotatable bonds is 3. The average molecular weight is 256 g/mol. The number of carbonyl (C=O) groups is 1. The van der Waals surface area contributed by atoms with E-state index in [1.54, 1.807) is 0 Å². The molecule has 0 radical (unpaired) electrons. The number of hydrogen-bond donors (Lipinski definition) is 2. The predicted molar refractivity (Wildman–Crippen MR) is 76.1 cm³/mol. The third-order valence-electron chi connectivity index (χ3n) is 3.63. The molecule has 0 saturated heterocycles. The lowest BCUT2D eigenvalue weighted by molar-refractivity contribution is -0.123. The lowest BCUT2D eigenvalue weighted by Gasteiger charge is -2.08. The van der Waals surface area contributed by atoms with Gasteiger partial charge in [0, 0.05) is 18.0 Å². The van der Waals surface area contributed by atoms with Crippen LogP contribution in [0.15, 0.2) is 24.3 Å². The maximum Gasteiger partial charge on any atom is 0.223 e. The van der Waals surface area contributed by atoms with Gasteiger partial charge in [0.1, 0.15) is 0 Å². The van der Waals surface area contributed by atoms with Gasteiger partial charge in [-0.25, -0.2) is 0 Å². The van der Waals surface area contributed by atoms with Gasteiger partial charge in [0.15, 0.2) is 0 Å². The van der Waals surface area contributed by atoms with Crippen molar-refractivity contribution in [1.82, 2.24) is 5.32 Å². The summed E-state index contributed by atoms with van der Waals surface area (Å²) in [6.45, 7) is 5.12. The Morgan fingerprint density at radius 3 is 2.79 bits per heavy atom. The van der Waals surface area contributed by atoms with Crippen molar-refractivity contribution in [3.63, 3.8) is 0 Å². The quantitative estimate of drug-likeness (QED) is 0.808. The van der Waals surface area contributed by atoms with E-state index in [1.165, 1.54) is 0 Å². The molecule has 1 atom stereocenters. The number of benzene rings is 1. The monoisotopic (exact) mass is 256 g/mol. The zero-order chi connectivity index (χ0) is 13.9. The predicted octanol–water partition coefficient (Wildman–Crippen LogP) is 1.66. The molecule has 1 fully saturated rings. The van der Waals surface area contributed by atoms with Crippen LogP contribution < -0.4 is 11.1 Å². The lowest BCUT2D eigenvalue weighted by atomic mass is 10.1. The van der Waals surface area contributed by atoms with Gasteiger partial charge in [-0.05, 0) is 23.5 Å². The van der Waals surface area contributed by atoms with Crippen molar-refractivity contribution in [3.05, 3.63) is 35.4 Å². The van der Waals surface area contributed by atoms with Gasteiger partial charge in [0.2, 0.25) is 5.91 Å². The second-order valence-corrected chi connectivity index (χ2v) is 5.63. The van der Waals surface area contributed by atoms with Gasteiger partial charge in [0.05, 0.1) is 6.54 Å². The van der Waals surface area contributed by atoms with E-state index in [-0.39, 0.29) is 17.2 Å². The molecule has 0 aromatic heterocycles. The molecule has 1 saturated carbocycles. The number of carbonyl (C=O) groups excluding carboxylic acids is 1. The molecule has 1 aliphatic carbocycles. The second-order valence-electron chi connectivity index (χ2n) is 5.63. The van der Waals surface area contributed by atoms with E-state index in [9.17, 15) is 4.79 Å². The molecule has 0 spiro atoms. The number of nitrogens with one attached hydrogen (secondary N) is 1. The van der Waals surface area contributed by atoms with Crippen LogP contribution in [0.25, 0.3) is 0 Å². The first-order valence-corrected chi connectivity index (χ1v) is 6.59. The zero-order valence-corrected chi connectivity index (χ0v) is 11.5. The third-order valence-corrected chi connectivity index (χ3v) is 3.63. The van der Waals surface area contributed by atoms with Crippen molar-refractivity contribution in [2.75, 3.05) is 6.54 Å². The average Bonchev–Trinajstić information content (AvgIpc) is 3.03. The first-order valence-electron chi connectivity index (χ1n) is 6.59. The highest BCUT2D eigenvalue weighted by atomic mass is 16.2. The van der Waals surface area contributed by atoms with E-state index in [0.717, 1.165) is 17.5 Å². The van der Waals surface area contributed by atoms with Crippen LogP contribution in [0, 0.1) is 23.2 Å². The van der Waals surface area contributed by atoms with E-state index in [0.29, 0.717) is 13.1 Å². The van der Waals surface area contributed by atoms with Gasteiger partial charge in [-0.1, -0.05) is 43.9 Å². The first kappa shape index (κ1) is 13.6. The summed E-state index contributed by atoms with van der Waals surface area (Å²) in [6, 6.07) is 7.83. The van der Waals surface area contributed by atoms with Crippen LogP contribution in [0.5, 0.6) is 0 Å². The first-order chi connectivity index (χ1) is 9.04. The van der Waals surface area contributed by atoms with Crippen LogP contribution >= 0.6 is 0 Å². The number of hydrogen-bond acceptors (Lipinski definition) is 2. The molecule has 100 valence electrons. The van der Waals surface area contributed by atoms with Crippen molar-refractivity contribution in [2.24, 2.45) is 17.1 Å². The number of nitrogens with two attached hydrogens (primary N) is 1. The van der Waals surface area contributed by atoms with Crippen LogP contribution in [-0.4, -0.2) is 12.5 Å². The second kappa shape index (κ2) is 5.46. The van der Waals surface area contributed by atoms with Gasteiger partial charge in [-0.3, -0.25) is 4.79 Å². The topological polar surface area (TPSA) is 55.1 Å². The Kier molecular flexibility index (Phi) is 3.92. The molecular weight excluding hydrogens is 236 g/mol. The summed E-state index contributed by atoms with van der Waals surface area (Å²) in [5, 5.41) is 3.00. The van der Waals surface area contributed by atoms with E-state index in [2.05, 4.69) is 31.0 Å². The minimum atomic E-state index is 0.145. The van der Waals surface area contributed by atoms with Gasteiger partial charge in [0.25, 0.3) is 0 Å². The highest BCUT2D eigenvalue weighted by molar-refractivity contribution is 5.82. The summed E-state index contributed by atoms with van der Waals surface area (Å²) in [5.74, 6) is 6.18. The van der Waals surface area contributed by atoms with Crippen molar-refractivity contribution < 1.29 is 4.79 Å². The third kappa shape index (κ3) is 3.36. The molecule has 1 amide bonds. The highest BCUT2D eigenvalue weighted by Crippen LogP contribution is 2.51. The van der Waals surface area contributed by atoms with E-state index in [4.69, 9.17) is 5.73 Å². The van der Waals surface area contributed by atoms with Crippen LogP contribution in [0.1, 0.15) is 31.4 Å². The molecule has 0 aliphatic heterocycles. The largest absolute Gasteiger partial charge is 0.352 e. The maximum atomic E-state index is 12.0. The van der Waals surface area contributed by atoms with Crippen LogP contribution in [0.3, 0.4) is 0 Å². The Morgan fingerprint density at radius 1 is 1.47 bits per heavy atom. The fraction of sp³-hybridized carbons (Fsp3) is 0.438. The molecule has 3 N–H and O–H groups in total. The van der Waals surface area contributed by atoms with Crippen molar-refractivity contribution in [3.8, 4) is 11.8 Å². The summed E-state index contributed by atoms with van der Waals surface area (Å²) in [6.07, 6.45) is 0.980. The molecule has 2 rings (SSSR count). The Bertz CT molecular complexity index is 537. The molecule has 0 heterocycles. The lowest BCUT2D eigenvalue weighted by Crippen LogP contribution is -2.26. The summed E-state index contributed by atoms with van der Waals surface area (Å²) in [7, 11) is 0. The SMILES string of the molecule is CC1(C)CC1C(=O)NCc1ccccc1C#CCN. The molecule has 1 aromatic rings. The summed E-state index contributed by atoms with van der Waals surface area (Å²) in [5.41, 5.74) is 7.52. The minimum absolute atomic E-state index is 0.145. The van der Waals surface area contributed by atoms with Crippen molar-refractivity contribution in [2.45, 2.75) is 26.8 Å². The Morgan fingerprint density at radius 2 is 2.16 bits per heavy atom. The fourth-order valence-corrected chi connectivity index (χ4v) is 2.16. The van der Waals surface area contributed by atoms with Crippen LogP contribution in [0.2, 0.25) is 0 Å². The minimum Gasteiger partial charge on any atom is -0.352 e. The highest BCUT2D eigenvalue weighted by Gasteiger charge is 2.50. The molecule has 1 unspecified atom stereocenters.